The van der Waals surface area contributed by atoms with E-state index in [1.54, 1.807) is 0 Å². The fourth-order valence-electron chi connectivity index (χ4n) is 4.75. The van der Waals surface area contributed by atoms with Crippen LogP contribution in [0.3, 0.4) is 0 Å². The van der Waals surface area contributed by atoms with Gasteiger partial charge in [-0.25, -0.2) is 0 Å². The maximum atomic E-state index is 10.3. The van der Waals surface area contributed by atoms with Crippen molar-refractivity contribution in [2.45, 2.75) is 82.1 Å². The highest BCUT2D eigenvalue weighted by Crippen LogP contribution is 2.67. The van der Waals surface area contributed by atoms with E-state index in [2.05, 4.69) is 6.92 Å². The lowest BCUT2D eigenvalue weighted by molar-refractivity contribution is -0.222. The minimum absolute atomic E-state index is 0.0316. The molecule has 0 bridgehead atoms. The lowest BCUT2D eigenvalue weighted by Crippen LogP contribution is -2.52. The van der Waals surface area contributed by atoms with Crippen molar-refractivity contribution in [1.29, 1.82) is 0 Å². The monoisotopic (exact) mass is 268 g/mol. The van der Waals surface area contributed by atoms with Gasteiger partial charge < -0.3 is 19.3 Å². The van der Waals surface area contributed by atoms with Gasteiger partial charge >= 0.3 is 0 Å². The van der Waals surface area contributed by atoms with Crippen molar-refractivity contribution < 1.29 is 19.3 Å². The SMILES string of the molecule is C[C@@]12CCC(O)[C@@]13OC3CC[C@H]2OC1CCCCO1. The Morgan fingerprint density at radius 1 is 1.16 bits per heavy atom. The van der Waals surface area contributed by atoms with Crippen molar-refractivity contribution in [3.63, 3.8) is 0 Å². The smallest absolute Gasteiger partial charge is 0.157 e. The number of aliphatic hydroxyl groups is 1. The van der Waals surface area contributed by atoms with E-state index in [0.29, 0.717) is 0 Å². The van der Waals surface area contributed by atoms with Gasteiger partial charge in [0.1, 0.15) is 5.60 Å². The van der Waals surface area contributed by atoms with Crippen LogP contribution in [0, 0.1) is 5.41 Å². The first-order valence-electron chi connectivity index (χ1n) is 7.80. The molecule has 2 aliphatic heterocycles. The van der Waals surface area contributed by atoms with Crippen molar-refractivity contribution in [3.8, 4) is 0 Å². The predicted molar refractivity (Wildman–Crippen MR) is 68.6 cm³/mol. The summed E-state index contributed by atoms with van der Waals surface area (Å²) in [5.41, 5.74) is -0.333. The maximum Gasteiger partial charge on any atom is 0.157 e. The summed E-state index contributed by atoms with van der Waals surface area (Å²) in [6.07, 6.45) is 7.35. The third-order valence-corrected chi connectivity index (χ3v) is 5.94. The molecule has 3 unspecified atom stereocenters. The van der Waals surface area contributed by atoms with Gasteiger partial charge in [-0.05, 0) is 44.9 Å². The highest BCUT2D eigenvalue weighted by atomic mass is 16.7. The summed E-state index contributed by atoms with van der Waals surface area (Å²) in [4.78, 5) is 0. The van der Waals surface area contributed by atoms with E-state index >= 15 is 0 Å². The fourth-order valence-corrected chi connectivity index (χ4v) is 4.75. The Morgan fingerprint density at radius 2 is 2.05 bits per heavy atom. The number of epoxide rings is 1. The van der Waals surface area contributed by atoms with Crippen LogP contribution in [0.2, 0.25) is 0 Å². The molecule has 4 nitrogen and oxygen atoms in total. The minimum Gasteiger partial charge on any atom is -0.390 e. The molecule has 4 fully saturated rings. The molecule has 2 heterocycles. The second-order valence-corrected chi connectivity index (χ2v) is 6.87. The maximum absolute atomic E-state index is 10.3. The minimum atomic E-state index is -0.304. The molecule has 0 amide bonds. The zero-order valence-electron chi connectivity index (χ0n) is 11.6. The lowest BCUT2D eigenvalue weighted by Gasteiger charge is -2.43. The molecule has 4 rings (SSSR count). The van der Waals surface area contributed by atoms with E-state index in [1.807, 2.05) is 0 Å². The lowest BCUT2D eigenvalue weighted by atomic mass is 9.66. The van der Waals surface area contributed by atoms with Crippen molar-refractivity contribution in [1.82, 2.24) is 0 Å². The van der Waals surface area contributed by atoms with E-state index in [9.17, 15) is 5.11 Å². The van der Waals surface area contributed by atoms with Gasteiger partial charge in [0.25, 0.3) is 0 Å². The third kappa shape index (κ3) is 1.60. The molecule has 4 heteroatoms. The Hall–Kier alpha value is -0.160. The topological polar surface area (TPSA) is 51.2 Å². The molecule has 1 N–H and O–H groups in total. The molecule has 4 aliphatic rings. The molecule has 0 aromatic rings. The predicted octanol–water partition coefficient (Wildman–Crippen LogP) is 1.99. The standard InChI is InChI=1S/C15H24O4/c1-14-8-7-10(16)15(14)12(19-15)6-5-11(14)18-13-4-2-3-9-17-13/h10-13,16H,2-9H2,1H3/t10?,11-,12?,13?,14+,15+/m1/s1. The van der Waals surface area contributed by atoms with Gasteiger partial charge in [-0.2, -0.15) is 0 Å². The average Bonchev–Trinajstić information content (AvgIpc) is 3.12. The summed E-state index contributed by atoms with van der Waals surface area (Å²) in [7, 11) is 0. The Balaban J connectivity index is 1.53. The Bertz CT molecular complexity index is 367. The van der Waals surface area contributed by atoms with E-state index in [1.165, 1.54) is 6.42 Å². The number of hydrogen-bond acceptors (Lipinski definition) is 4. The summed E-state index contributed by atoms with van der Waals surface area (Å²) >= 11 is 0. The third-order valence-electron chi connectivity index (χ3n) is 5.94. The number of aliphatic hydroxyl groups excluding tert-OH is 1. The van der Waals surface area contributed by atoms with Crippen molar-refractivity contribution in [3.05, 3.63) is 0 Å². The molecule has 19 heavy (non-hydrogen) atoms. The van der Waals surface area contributed by atoms with Crippen LogP contribution in [0.4, 0.5) is 0 Å². The molecular formula is C15H24O4. The molecule has 2 saturated carbocycles. The first-order valence-corrected chi connectivity index (χ1v) is 7.80. The van der Waals surface area contributed by atoms with Gasteiger partial charge in [-0.3, -0.25) is 0 Å². The van der Waals surface area contributed by atoms with Crippen LogP contribution in [0.25, 0.3) is 0 Å². The van der Waals surface area contributed by atoms with Crippen LogP contribution in [0.15, 0.2) is 0 Å². The molecule has 0 aromatic heterocycles. The molecule has 108 valence electrons. The Kier molecular flexibility index (Phi) is 2.76. The van der Waals surface area contributed by atoms with E-state index < -0.39 is 0 Å². The van der Waals surface area contributed by atoms with Crippen LogP contribution in [0.5, 0.6) is 0 Å². The normalized spacial score (nSPS) is 56.5. The zero-order chi connectivity index (χ0) is 13.1. The Labute approximate surface area is 114 Å². The van der Waals surface area contributed by atoms with Crippen molar-refractivity contribution in [2.75, 3.05) is 6.61 Å². The molecule has 6 atom stereocenters. The van der Waals surface area contributed by atoms with Crippen LogP contribution < -0.4 is 0 Å². The summed E-state index contributed by atoms with van der Waals surface area (Å²) in [6.45, 7) is 3.07. The summed E-state index contributed by atoms with van der Waals surface area (Å²) in [5, 5.41) is 10.3. The molecule has 1 spiro atoms. The van der Waals surface area contributed by atoms with Gasteiger partial charge in [-0.1, -0.05) is 6.92 Å². The van der Waals surface area contributed by atoms with Crippen molar-refractivity contribution >= 4 is 0 Å². The Morgan fingerprint density at radius 3 is 2.84 bits per heavy atom. The van der Waals surface area contributed by atoms with E-state index in [-0.39, 0.29) is 35.6 Å². The summed E-state index contributed by atoms with van der Waals surface area (Å²) < 4.78 is 18.0. The van der Waals surface area contributed by atoms with Crippen LogP contribution in [-0.2, 0) is 14.2 Å². The second kappa shape index (κ2) is 4.17. The van der Waals surface area contributed by atoms with Gasteiger partial charge in [0.15, 0.2) is 6.29 Å². The van der Waals surface area contributed by atoms with Crippen LogP contribution in [-0.4, -0.2) is 41.9 Å². The summed E-state index contributed by atoms with van der Waals surface area (Å²) in [5.74, 6) is 0. The first kappa shape index (κ1) is 12.6. The van der Waals surface area contributed by atoms with Gasteiger partial charge in [0, 0.05) is 12.0 Å². The summed E-state index contributed by atoms with van der Waals surface area (Å²) in [6, 6.07) is 0. The molecular weight excluding hydrogens is 244 g/mol. The van der Waals surface area contributed by atoms with Crippen LogP contribution in [0.1, 0.15) is 51.9 Å². The number of rotatable bonds is 2. The quantitative estimate of drug-likeness (QED) is 0.778. The highest BCUT2D eigenvalue weighted by Gasteiger charge is 2.77. The van der Waals surface area contributed by atoms with E-state index in [4.69, 9.17) is 14.2 Å². The number of hydrogen-bond donors (Lipinski definition) is 1. The van der Waals surface area contributed by atoms with Gasteiger partial charge in [0.2, 0.25) is 0 Å². The van der Waals surface area contributed by atoms with Gasteiger partial charge in [-0.15, -0.1) is 0 Å². The number of ether oxygens (including phenoxy) is 3. The fraction of sp³-hybridized carbons (Fsp3) is 1.00. The molecule has 2 aliphatic carbocycles. The zero-order valence-corrected chi connectivity index (χ0v) is 11.6. The van der Waals surface area contributed by atoms with Crippen LogP contribution >= 0.6 is 0 Å². The molecule has 2 saturated heterocycles. The molecule has 0 radical (unpaired) electrons. The second-order valence-electron chi connectivity index (χ2n) is 6.87. The highest BCUT2D eigenvalue weighted by molar-refractivity contribution is 5.25. The van der Waals surface area contributed by atoms with E-state index in [0.717, 1.165) is 45.1 Å². The van der Waals surface area contributed by atoms with Gasteiger partial charge in [0.05, 0.1) is 18.3 Å². The van der Waals surface area contributed by atoms with Crippen molar-refractivity contribution in [2.24, 2.45) is 5.41 Å². The molecule has 0 aromatic carbocycles. The first-order chi connectivity index (χ1) is 9.17. The average molecular weight is 268 g/mol. The largest absolute Gasteiger partial charge is 0.390 e.